The minimum absolute atomic E-state index is 0. The Labute approximate surface area is 99.2 Å². The highest BCUT2D eigenvalue weighted by Gasteiger charge is 2.18. The van der Waals surface area contributed by atoms with Crippen LogP contribution in [0, 0.1) is 5.92 Å². The van der Waals surface area contributed by atoms with Gasteiger partial charge in [-0.1, -0.05) is 59.8 Å². The van der Waals surface area contributed by atoms with Gasteiger partial charge in [0.2, 0.25) is 0 Å². The minimum Gasteiger partial charge on any atom is -0.147 e. The van der Waals surface area contributed by atoms with E-state index in [1.165, 1.54) is 38.5 Å². The van der Waals surface area contributed by atoms with Gasteiger partial charge in [-0.3, -0.25) is 0 Å². The maximum Gasteiger partial charge on any atom is -0.0181 e. The smallest absolute Gasteiger partial charge is 0.0181 e. The first-order valence-corrected chi connectivity index (χ1v) is 6.35. The topological polar surface area (TPSA) is 0 Å². The fraction of sp³-hybridized carbons (Fsp3) is 1.00. The SMILES string of the molecule is CCCCCCCC(C)C(C)(C)P.Cl. The molecule has 0 radical (unpaired) electrons. The Balaban J connectivity index is 0. The Kier molecular flexibility index (Phi) is 11.0. The van der Waals surface area contributed by atoms with Gasteiger partial charge in [-0.25, -0.2) is 0 Å². The summed E-state index contributed by atoms with van der Waals surface area (Å²) < 4.78 is 0. The van der Waals surface area contributed by atoms with Crippen LogP contribution in [-0.2, 0) is 0 Å². The van der Waals surface area contributed by atoms with E-state index >= 15 is 0 Å². The Hall–Kier alpha value is 0.720. The molecule has 0 fully saturated rings. The highest BCUT2D eigenvalue weighted by atomic mass is 35.5. The lowest BCUT2D eigenvalue weighted by molar-refractivity contribution is 0.407. The number of unbranched alkanes of at least 4 members (excludes halogenated alkanes) is 4. The monoisotopic (exact) mass is 238 g/mol. The van der Waals surface area contributed by atoms with E-state index in [1.54, 1.807) is 0 Å². The van der Waals surface area contributed by atoms with Crippen molar-refractivity contribution >= 4 is 21.6 Å². The average Bonchev–Trinajstić information content (AvgIpc) is 2.02. The molecule has 88 valence electrons. The molecule has 0 nitrogen and oxygen atoms in total. The molecule has 2 atom stereocenters. The lowest BCUT2D eigenvalue weighted by Gasteiger charge is -2.26. The molecule has 0 spiro atoms. The van der Waals surface area contributed by atoms with Gasteiger partial charge in [0.15, 0.2) is 0 Å². The van der Waals surface area contributed by atoms with Gasteiger partial charge in [-0.15, -0.1) is 21.6 Å². The van der Waals surface area contributed by atoms with Gasteiger partial charge in [-0.2, -0.15) is 0 Å². The van der Waals surface area contributed by atoms with Crippen LogP contribution in [-0.4, -0.2) is 5.16 Å². The summed E-state index contributed by atoms with van der Waals surface area (Å²) in [7, 11) is 2.96. The van der Waals surface area contributed by atoms with Crippen LogP contribution in [0.1, 0.15) is 66.2 Å². The second-order valence-electron chi connectivity index (χ2n) is 4.93. The number of hydrogen-bond donors (Lipinski definition) is 0. The van der Waals surface area contributed by atoms with E-state index in [0.29, 0.717) is 5.16 Å². The average molecular weight is 239 g/mol. The van der Waals surface area contributed by atoms with Crippen LogP contribution in [0.15, 0.2) is 0 Å². The Morgan fingerprint density at radius 1 is 1.07 bits per heavy atom. The van der Waals surface area contributed by atoms with E-state index in [1.807, 2.05) is 0 Å². The van der Waals surface area contributed by atoms with Crippen LogP contribution in [0.3, 0.4) is 0 Å². The summed E-state index contributed by atoms with van der Waals surface area (Å²) in [6.07, 6.45) is 8.43. The zero-order chi connectivity index (χ0) is 10.3. The first-order valence-electron chi connectivity index (χ1n) is 5.77. The van der Waals surface area contributed by atoms with Gasteiger partial charge in [0, 0.05) is 0 Å². The number of rotatable bonds is 7. The molecule has 14 heavy (non-hydrogen) atoms. The summed E-state index contributed by atoms with van der Waals surface area (Å²) in [4.78, 5) is 0. The molecule has 0 rings (SSSR count). The van der Waals surface area contributed by atoms with Crippen molar-refractivity contribution in [3.05, 3.63) is 0 Å². The summed E-state index contributed by atoms with van der Waals surface area (Å²) in [5.74, 6) is 0.833. The van der Waals surface area contributed by atoms with Gasteiger partial charge in [0.1, 0.15) is 0 Å². The van der Waals surface area contributed by atoms with Crippen LogP contribution < -0.4 is 0 Å². The third-order valence-corrected chi connectivity index (χ3v) is 3.58. The van der Waals surface area contributed by atoms with E-state index in [9.17, 15) is 0 Å². The molecule has 0 saturated heterocycles. The molecule has 0 saturated carbocycles. The molecule has 0 heterocycles. The van der Waals surface area contributed by atoms with Crippen molar-refractivity contribution in [3.63, 3.8) is 0 Å². The molecule has 0 N–H and O–H groups in total. The van der Waals surface area contributed by atoms with Crippen molar-refractivity contribution in [2.24, 2.45) is 5.92 Å². The summed E-state index contributed by atoms with van der Waals surface area (Å²) in [5, 5.41) is 0.421. The first kappa shape index (κ1) is 17.1. The van der Waals surface area contributed by atoms with Gasteiger partial charge in [-0.05, 0) is 17.5 Å². The van der Waals surface area contributed by atoms with Crippen LogP contribution in [0.5, 0.6) is 0 Å². The van der Waals surface area contributed by atoms with Gasteiger partial charge in [0.25, 0.3) is 0 Å². The van der Waals surface area contributed by atoms with Crippen molar-refractivity contribution < 1.29 is 0 Å². The van der Waals surface area contributed by atoms with E-state index in [0.717, 1.165) is 5.92 Å². The van der Waals surface area contributed by atoms with Gasteiger partial charge < -0.3 is 0 Å². The fourth-order valence-corrected chi connectivity index (χ4v) is 1.59. The molecule has 0 aliphatic rings. The third-order valence-electron chi connectivity index (χ3n) is 3.01. The molecular formula is C12H28ClP. The number of hydrogen-bond acceptors (Lipinski definition) is 0. The van der Waals surface area contributed by atoms with E-state index in [-0.39, 0.29) is 12.4 Å². The van der Waals surface area contributed by atoms with Crippen molar-refractivity contribution in [1.29, 1.82) is 0 Å². The summed E-state index contributed by atoms with van der Waals surface area (Å²) in [6, 6.07) is 0. The largest absolute Gasteiger partial charge is 0.147 e. The Bertz CT molecular complexity index is 118. The van der Waals surface area contributed by atoms with Crippen LogP contribution in [0.2, 0.25) is 0 Å². The second-order valence-corrected chi connectivity index (χ2v) is 6.41. The normalized spacial score (nSPS) is 13.5. The number of halogens is 1. The predicted octanol–water partition coefficient (Wildman–Crippen LogP) is 5.06. The molecule has 0 aliphatic heterocycles. The predicted molar refractivity (Wildman–Crippen MR) is 73.6 cm³/mol. The van der Waals surface area contributed by atoms with Gasteiger partial charge >= 0.3 is 0 Å². The highest BCUT2D eigenvalue weighted by Crippen LogP contribution is 2.30. The Morgan fingerprint density at radius 2 is 1.57 bits per heavy atom. The summed E-state index contributed by atoms with van der Waals surface area (Å²) in [6.45, 7) is 9.27. The second kappa shape index (κ2) is 8.98. The van der Waals surface area contributed by atoms with Crippen LogP contribution >= 0.6 is 21.6 Å². The van der Waals surface area contributed by atoms with Crippen molar-refractivity contribution in [2.45, 2.75) is 71.4 Å². The van der Waals surface area contributed by atoms with E-state index < -0.39 is 0 Å². The van der Waals surface area contributed by atoms with Crippen LogP contribution in [0.25, 0.3) is 0 Å². The molecule has 0 aromatic carbocycles. The standard InChI is InChI=1S/C12H27P.ClH/c1-5-6-7-8-9-10-11(2)12(3,4)13;/h11H,5-10,13H2,1-4H3;1H. The Morgan fingerprint density at radius 3 is 2.00 bits per heavy atom. The van der Waals surface area contributed by atoms with E-state index in [4.69, 9.17) is 0 Å². The molecule has 0 bridgehead atoms. The minimum atomic E-state index is 0. The quantitative estimate of drug-likeness (QED) is 0.430. The van der Waals surface area contributed by atoms with Crippen molar-refractivity contribution in [3.8, 4) is 0 Å². The van der Waals surface area contributed by atoms with Crippen molar-refractivity contribution in [1.82, 2.24) is 0 Å². The molecule has 2 unspecified atom stereocenters. The first-order chi connectivity index (χ1) is 5.98. The molecule has 2 heteroatoms. The molecule has 0 aromatic rings. The third kappa shape index (κ3) is 9.28. The van der Waals surface area contributed by atoms with Gasteiger partial charge in [0.05, 0.1) is 0 Å². The molecular weight excluding hydrogens is 211 g/mol. The summed E-state index contributed by atoms with van der Waals surface area (Å²) >= 11 is 0. The lowest BCUT2D eigenvalue weighted by Crippen LogP contribution is -2.20. The zero-order valence-corrected chi connectivity index (χ0v) is 12.3. The fourth-order valence-electron chi connectivity index (χ4n) is 1.43. The molecule has 0 aromatic heterocycles. The maximum atomic E-state index is 2.96. The molecule has 0 amide bonds. The summed E-state index contributed by atoms with van der Waals surface area (Å²) in [5.41, 5.74) is 0. The van der Waals surface area contributed by atoms with E-state index in [2.05, 4.69) is 36.9 Å². The zero-order valence-electron chi connectivity index (χ0n) is 10.3. The highest BCUT2D eigenvalue weighted by molar-refractivity contribution is 7.18. The molecule has 0 aliphatic carbocycles. The maximum absolute atomic E-state index is 2.96. The van der Waals surface area contributed by atoms with Crippen molar-refractivity contribution in [2.75, 3.05) is 0 Å². The van der Waals surface area contributed by atoms with Crippen LogP contribution in [0.4, 0.5) is 0 Å². The lowest BCUT2D eigenvalue weighted by atomic mass is 9.91.